The molecule has 2 amide bonds. The van der Waals surface area contributed by atoms with E-state index >= 15 is 0 Å². The highest BCUT2D eigenvalue weighted by Gasteiger charge is 2.43. The van der Waals surface area contributed by atoms with Gasteiger partial charge in [-0.05, 0) is 68.6 Å². The van der Waals surface area contributed by atoms with Gasteiger partial charge in [-0.1, -0.05) is 19.3 Å². The van der Waals surface area contributed by atoms with Gasteiger partial charge < -0.3 is 14.5 Å². The summed E-state index contributed by atoms with van der Waals surface area (Å²) in [7, 11) is 0. The number of hydrogen-bond donors (Lipinski definition) is 0. The van der Waals surface area contributed by atoms with Gasteiger partial charge in [0.2, 0.25) is 5.91 Å². The molecule has 2 heterocycles. The zero-order valence-electron chi connectivity index (χ0n) is 17.9. The second-order valence-electron chi connectivity index (χ2n) is 10.4. The van der Waals surface area contributed by atoms with Gasteiger partial charge in [0.1, 0.15) is 6.10 Å². The Morgan fingerprint density at radius 1 is 0.621 bits per heavy atom. The number of piperazine rings is 1. The first kappa shape index (κ1) is 19.8. The molecule has 0 spiro atoms. The summed E-state index contributed by atoms with van der Waals surface area (Å²) < 4.78 is 5.33. The van der Waals surface area contributed by atoms with Crippen LogP contribution in [0, 0.1) is 29.6 Å². The molecule has 162 valence electrons. The number of rotatable bonds is 3. The fourth-order valence-corrected chi connectivity index (χ4v) is 7.20. The van der Waals surface area contributed by atoms with E-state index in [0.29, 0.717) is 38.7 Å². The van der Waals surface area contributed by atoms with Gasteiger partial charge in [-0.2, -0.15) is 0 Å². The van der Waals surface area contributed by atoms with Gasteiger partial charge in [-0.25, -0.2) is 0 Å². The first-order valence-corrected chi connectivity index (χ1v) is 12.4. The maximum atomic E-state index is 13.1. The maximum Gasteiger partial charge on any atom is 0.251 e. The van der Waals surface area contributed by atoms with E-state index in [-0.39, 0.29) is 17.9 Å². The molecule has 5 nitrogen and oxygen atoms in total. The van der Waals surface area contributed by atoms with E-state index in [4.69, 9.17) is 4.74 Å². The summed E-state index contributed by atoms with van der Waals surface area (Å²) in [5.41, 5.74) is 0. The van der Waals surface area contributed by atoms with Crippen molar-refractivity contribution in [2.75, 3.05) is 32.8 Å². The summed E-state index contributed by atoms with van der Waals surface area (Å²) in [5, 5.41) is 0. The molecular weight excluding hydrogens is 364 g/mol. The van der Waals surface area contributed by atoms with Gasteiger partial charge in [0.05, 0.1) is 6.61 Å². The predicted octanol–water partition coefficient (Wildman–Crippen LogP) is 3.47. The molecular formula is C24H38N2O3. The molecule has 4 atom stereocenters. The molecule has 0 aromatic rings. The average Bonchev–Trinajstić information content (AvgIpc) is 3.16. The van der Waals surface area contributed by atoms with Crippen molar-refractivity contribution in [2.45, 2.75) is 76.7 Å². The third kappa shape index (κ3) is 3.96. The molecule has 2 aliphatic heterocycles. The second kappa shape index (κ2) is 8.56. The van der Waals surface area contributed by atoms with Crippen LogP contribution in [0.25, 0.3) is 0 Å². The zero-order valence-corrected chi connectivity index (χ0v) is 17.9. The normalized spacial score (nSPS) is 40.3. The zero-order chi connectivity index (χ0) is 19.8. The molecule has 5 aliphatic rings. The van der Waals surface area contributed by atoms with E-state index in [1.54, 1.807) is 0 Å². The number of hydrogen-bond acceptors (Lipinski definition) is 3. The van der Waals surface area contributed by atoms with Crippen LogP contribution in [-0.2, 0) is 14.3 Å². The van der Waals surface area contributed by atoms with Crippen LogP contribution in [0.5, 0.6) is 0 Å². The minimum absolute atomic E-state index is 0.126. The Balaban J connectivity index is 1.08. The lowest BCUT2D eigenvalue weighted by atomic mass is 9.68. The van der Waals surface area contributed by atoms with E-state index in [1.165, 1.54) is 51.4 Å². The number of fused-ring (bicyclic) bond motifs is 1. The van der Waals surface area contributed by atoms with E-state index in [0.717, 1.165) is 42.9 Å². The Hall–Kier alpha value is -1.10. The molecule has 4 unspecified atom stereocenters. The summed E-state index contributed by atoms with van der Waals surface area (Å²) >= 11 is 0. The van der Waals surface area contributed by atoms with Crippen molar-refractivity contribution in [1.29, 1.82) is 0 Å². The molecule has 5 heteroatoms. The summed E-state index contributed by atoms with van der Waals surface area (Å²) in [5.74, 6) is 4.58. The molecule has 0 radical (unpaired) electrons. The molecule has 0 aromatic carbocycles. The molecule has 0 bridgehead atoms. The Morgan fingerprint density at radius 3 is 1.83 bits per heavy atom. The fraction of sp³-hybridized carbons (Fsp3) is 0.917. The van der Waals surface area contributed by atoms with Gasteiger partial charge in [-0.3, -0.25) is 9.59 Å². The fourth-order valence-electron chi connectivity index (χ4n) is 7.20. The van der Waals surface area contributed by atoms with Crippen LogP contribution in [0.3, 0.4) is 0 Å². The van der Waals surface area contributed by atoms with Crippen LogP contribution in [-0.4, -0.2) is 60.5 Å². The average molecular weight is 403 g/mol. The molecule has 3 saturated carbocycles. The van der Waals surface area contributed by atoms with E-state index in [1.807, 2.05) is 9.80 Å². The lowest BCUT2D eigenvalue weighted by molar-refractivity contribution is -0.159. The molecule has 0 aromatic heterocycles. The quantitative estimate of drug-likeness (QED) is 0.726. The van der Waals surface area contributed by atoms with Gasteiger partial charge in [0.25, 0.3) is 5.91 Å². The largest absolute Gasteiger partial charge is 0.368 e. The Labute approximate surface area is 175 Å². The highest BCUT2D eigenvalue weighted by atomic mass is 16.5. The van der Waals surface area contributed by atoms with Gasteiger partial charge in [0, 0.05) is 38.5 Å². The van der Waals surface area contributed by atoms with Crippen molar-refractivity contribution in [3.63, 3.8) is 0 Å². The van der Waals surface area contributed by atoms with Crippen molar-refractivity contribution in [3.8, 4) is 0 Å². The van der Waals surface area contributed by atoms with Crippen LogP contribution in [0.15, 0.2) is 0 Å². The van der Waals surface area contributed by atoms with Crippen molar-refractivity contribution < 1.29 is 14.3 Å². The first-order valence-electron chi connectivity index (χ1n) is 12.4. The predicted molar refractivity (Wildman–Crippen MR) is 111 cm³/mol. The Bertz CT molecular complexity index is 603. The lowest BCUT2D eigenvalue weighted by Gasteiger charge is -2.41. The molecule has 0 N–H and O–H groups in total. The number of ether oxygens (including phenoxy) is 1. The van der Waals surface area contributed by atoms with Crippen LogP contribution in [0.4, 0.5) is 0 Å². The molecule has 29 heavy (non-hydrogen) atoms. The SMILES string of the molecule is O=C(C1CCC(C2CCC3CCCCC32)CC1)N1CCN(C(=O)C2CCO2)CC1. The van der Waals surface area contributed by atoms with Crippen molar-refractivity contribution in [3.05, 3.63) is 0 Å². The molecule has 5 fully saturated rings. The van der Waals surface area contributed by atoms with Gasteiger partial charge >= 0.3 is 0 Å². The lowest BCUT2D eigenvalue weighted by Crippen LogP contribution is -2.55. The Kier molecular flexibility index (Phi) is 5.86. The molecule has 2 saturated heterocycles. The van der Waals surface area contributed by atoms with Gasteiger partial charge in [-0.15, -0.1) is 0 Å². The minimum atomic E-state index is -0.216. The summed E-state index contributed by atoms with van der Waals surface area (Å²) in [6.07, 6.45) is 14.1. The summed E-state index contributed by atoms with van der Waals surface area (Å²) in [6.45, 7) is 3.45. The number of nitrogens with zero attached hydrogens (tertiary/aromatic N) is 2. The summed E-state index contributed by atoms with van der Waals surface area (Å²) in [6, 6.07) is 0. The minimum Gasteiger partial charge on any atom is -0.368 e. The number of carbonyl (C=O) groups excluding carboxylic acids is 2. The third-order valence-electron chi connectivity index (χ3n) is 8.99. The topological polar surface area (TPSA) is 49.9 Å². The van der Waals surface area contributed by atoms with Crippen LogP contribution in [0.1, 0.15) is 70.6 Å². The standard InChI is InChI=1S/C24H38N2O3/c27-23(25-12-14-26(15-13-25)24(28)22-11-16-29-22)19-7-5-18(6-8-19)21-10-9-17-3-1-2-4-20(17)21/h17-22H,1-16H2. The van der Waals surface area contributed by atoms with Gasteiger partial charge in [0.15, 0.2) is 0 Å². The highest BCUT2D eigenvalue weighted by Crippen LogP contribution is 2.51. The monoisotopic (exact) mass is 402 g/mol. The van der Waals surface area contributed by atoms with Crippen molar-refractivity contribution >= 4 is 11.8 Å². The van der Waals surface area contributed by atoms with E-state index in [9.17, 15) is 9.59 Å². The Morgan fingerprint density at radius 2 is 1.17 bits per heavy atom. The van der Waals surface area contributed by atoms with E-state index < -0.39 is 0 Å². The van der Waals surface area contributed by atoms with Crippen molar-refractivity contribution in [1.82, 2.24) is 9.80 Å². The highest BCUT2D eigenvalue weighted by molar-refractivity contribution is 5.82. The first-order chi connectivity index (χ1) is 14.2. The number of amides is 2. The van der Waals surface area contributed by atoms with Crippen LogP contribution in [0.2, 0.25) is 0 Å². The number of carbonyl (C=O) groups is 2. The van der Waals surface area contributed by atoms with Crippen molar-refractivity contribution in [2.24, 2.45) is 29.6 Å². The van der Waals surface area contributed by atoms with E-state index in [2.05, 4.69) is 0 Å². The van der Waals surface area contributed by atoms with Crippen LogP contribution >= 0.6 is 0 Å². The third-order valence-corrected chi connectivity index (χ3v) is 8.99. The molecule has 5 rings (SSSR count). The maximum absolute atomic E-state index is 13.1. The smallest absolute Gasteiger partial charge is 0.251 e. The second-order valence-corrected chi connectivity index (χ2v) is 10.4. The summed E-state index contributed by atoms with van der Waals surface area (Å²) in [4.78, 5) is 29.3. The molecule has 3 aliphatic carbocycles. The van der Waals surface area contributed by atoms with Crippen LogP contribution < -0.4 is 0 Å².